The third kappa shape index (κ3) is 3.96. The van der Waals surface area contributed by atoms with Crippen LogP contribution in [0, 0.1) is 28.5 Å². The van der Waals surface area contributed by atoms with Crippen LogP contribution < -0.4 is 9.80 Å². The molecule has 0 bridgehead atoms. The first kappa shape index (κ1) is 25.4. The standard InChI is InChI=1S/C27H27FN8O2S2/c1-3-19-22(33(2)24-31-21(20(10-29)39-24)15-4-6-17(28)7-5-15)36-25(30-19)40-26(32-36)35-13-27(14-35)8-16(9-27)23(38)34-11-18(37)12-34/h4-7,16,18,37H,3,8-9,11-14H2,1-2H3. The van der Waals surface area contributed by atoms with Crippen LogP contribution in [0.1, 0.15) is 30.3 Å². The van der Waals surface area contributed by atoms with Crippen molar-refractivity contribution in [2.45, 2.75) is 32.3 Å². The molecule has 1 aromatic carbocycles. The zero-order valence-electron chi connectivity index (χ0n) is 22.0. The molecule has 13 heteroatoms. The zero-order valence-corrected chi connectivity index (χ0v) is 23.7. The number of aryl methyl sites for hydroxylation is 1. The minimum Gasteiger partial charge on any atom is -0.389 e. The molecule has 1 spiro atoms. The van der Waals surface area contributed by atoms with Crippen LogP contribution in [0.15, 0.2) is 24.3 Å². The van der Waals surface area contributed by atoms with E-state index < -0.39 is 0 Å². The van der Waals surface area contributed by atoms with Crippen molar-refractivity contribution in [1.29, 1.82) is 5.26 Å². The molecule has 2 aliphatic heterocycles. The number of aliphatic hydroxyl groups is 1. The van der Waals surface area contributed by atoms with E-state index in [-0.39, 0.29) is 29.2 Å². The Labute approximate surface area is 237 Å². The molecule has 10 nitrogen and oxygen atoms in total. The molecule has 5 heterocycles. The number of thiazole rings is 1. The predicted octanol–water partition coefficient (Wildman–Crippen LogP) is 3.67. The summed E-state index contributed by atoms with van der Waals surface area (Å²) in [5.41, 5.74) is 2.28. The zero-order chi connectivity index (χ0) is 27.8. The molecule has 3 fully saturated rings. The number of carbonyl (C=O) groups excluding carboxylic acids is 1. The van der Waals surface area contributed by atoms with Crippen molar-refractivity contribution in [2.24, 2.45) is 11.3 Å². The van der Waals surface area contributed by atoms with Gasteiger partial charge in [-0.25, -0.2) is 14.4 Å². The number of aromatic nitrogens is 4. The minimum absolute atomic E-state index is 0.0759. The first-order valence-electron chi connectivity index (χ1n) is 13.3. The quantitative estimate of drug-likeness (QED) is 0.369. The number of likely N-dealkylation sites (tertiary alicyclic amines) is 1. The van der Waals surface area contributed by atoms with Crippen LogP contribution in [-0.2, 0) is 11.2 Å². The SMILES string of the molecule is CCc1nc2sc(N3CC4(CC(C(=O)N5CC(O)C5)C4)C3)nn2c1N(C)c1nc(-c2ccc(F)cc2)c(C#N)s1. The van der Waals surface area contributed by atoms with E-state index >= 15 is 0 Å². The number of anilines is 3. The molecule has 0 unspecified atom stereocenters. The fraction of sp³-hybridized carbons (Fsp3) is 0.444. The van der Waals surface area contributed by atoms with Crippen LogP contribution in [0.3, 0.4) is 0 Å². The molecule has 206 valence electrons. The van der Waals surface area contributed by atoms with Crippen LogP contribution in [0.4, 0.5) is 20.5 Å². The Morgan fingerprint density at radius 2 is 1.95 bits per heavy atom. The van der Waals surface area contributed by atoms with Crippen molar-refractivity contribution in [3.63, 3.8) is 0 Å². The molecule has 1 amide bonds. The van der Waals surface area contributed by atoms with Crippen LogP contribution in [0.5, 0.6) is 0 Å². The highest BCUT2D eigenvalue weighted by atomic mass is 32.1. The number of nitriles is 1. The molecule has 1 N–H and O–H groups in total. The number of imidazole rings is 1. The monoisotopic (exact) mass is 578 g/mol. The summed E-state index contributed by atoms with van der Waals surface area (Å²) in [6.07, 6.45) is 2.14. The normalized spacial score (nSPS) is 18.5. The Hall–Kier alpha value is -3.60. The molecule has 1 saturated carbocycles. The van der Waals surface area contributed by atoms with Gasteiger partial charge in [0.25, 0.3) is 0 Å². The number of benzene rings is 1. The fourth-order valence-electron chi connectivity index (χ4n) is 6.10. The number of hydrogen-bond donors (Lipinski definition) is 1. The summed E-state index contributed by atoms with van der Waals surface area (Å²) >= 11 is 2.83. The van der Waals surface area contributed by atoms with Crippen molar-refractivity contribution >= 4 is 49.6 Å². The van der Waals surface area contributed by atoms with Gasteiger partial charge in [-0.15, -0.1) is 5.10 Å². The Morgan fingerprint density at radius 3 is 2.60 bits per heavy atom. The number of hydrogen-bond acceptors (Lipinski definition) is 10. The third-order valence-electron chi connectivity index (χ3n) is 8.22. The number of halogens is 1. The number of aliphatic hydroxyl groups excluding tert-OH is 1. The van der Waals surface area contributed by atoms with Gasteiger partial charge in [-0.05, 0) is 43.5 Å². The lowest BCUT2D eigenvalue weighted by Gasteiger charge is -2.59. The number of carbonyl (C=O) groups is 1. The molecular formula is C27H27FN8O2S2. The molecule has 40 heavy (non-hydrogen) atoms. The summed E-state index contributed by atoms with van der Waals surface area (Å²) in [5.74, 6) is 0.734. The maximum atomic E-state index is 13.5. The average molecular weight is 579 g/mol. The second-order valence-electron chi connectivity index (χ2n) is 11.0. The van der Waals surface area contributed by atoms with E-state index in [9.17, 15) is 19.6 Å². The molecule has 0 atom stereocenters. The van der Waals surface area contributed by atoms with E-state index in [1.165, 1.54) is 23.5 Å². The highest BCUT2D eigenvalue weighted by Crippen LogP contribution is 2.54. The van der Waals surface area contributed by atoms with Crippen LogP contribution >= 0.6 is 22.7 Å². The van der Waals surface area contributed by atoms with Gasteiger partial charge in [-0.3, -0.25) is 4.79 Å². The lowest BCUT2D eigenvalue weighted by Crippen LogP contribution is -2.66. The van der Waals surface area contributed by atoms with E-state index in [1.54, 1.807) is 28.4 Å². The topological polar surface area (TPSA) is 114 Å². The molecule has 3 aliphatic rings. The van der Waals surface area contributed by atoms with Gasteiger partial charge in [-0.2, -0.15) is 9.78 Å². The number of rotatable bonds is 6. The molecular weight excluding hydrogens is 551 g/mol. The summed E-state index contributed by atoms with van der Waals surface area (Å²) in [4.78, 5) is 29.4. The van der Waals surface area contributed by atoms with Gasteiger partial charge in [0.1, 0.15) is 22.5 Å². The van der Waals surface area contributed by atoms with Crippen LogP contribution in [-0.4, -0.2) is 74.8 Å². The molecule has 3 aromatic heterocycles. The van der Waals surface area contributed by atoms with Crippen molar-refractivity contribution < 1.29 is 14.3 Å². The van der Waals surface area contributed by atoms with Crippen molar-refractivity contribution in [1.82, 2.24) is 24.5 Å². The predicted molar refractivity (Wildman–Crippen MR) is 150 cm³/mol. The Balaban J connectivity index is 1.10. The third-order valence-corrected chi connectivity index (χ3v) is 10.2. The lowest BCUT2D eigenvalue weighted by molar-refractivity contribution is -0.154. The Bertz CT molecular complexity index is 1650. The maximum absolute atomic E-state index is 13.5. The second kappa shape index (κ2) is 9.22. The number of amides is 1. The molecule has 0 radical (unpaired) electrons. The average Bonchev–Trinajstić information content (AvgIpc) is 3.57. The summed E-state index contributed by atoms with van der Waals surface area (Å²) in [5, 5.41) is 25.7. The Kier molecular flexibility index (Phi) is 5.85. The fourth-order valence-corrected chi connectivity index (χ4v) is 7.87. The van der Waals surface area contributed by atoms with Crippen molar-refractivity contribution in [3.05, 3.63) is 40.7 Å². The first-order valence-corrected chi connectivity index (χ1v) is 14.9. The number of β-amino-alcohol motifs (C(OH)–C–C–N with tert-alkyl or cyclic N) is 1. The van der Waals surface area contributed by atoms with Crippen molar-refractivity contribution in [2.75, 3.05) is 43.0 Å². The largest absolute Gasteiger partial charge is 0.389 e. The molecule has 1 aliphatic carbocycles. The van der Waals surface area contributed by atoms with Gasteiger partial charge >= 0.3 is 0 Å². The highest BCUT2D eigenvalue weighted by molar-refractivity contribution is 7.20. The maximum Gasteiger partial charge on any atom is 0.225 e. The first-order chi connectivity index (χ1) is 19.3. The number of nitrogens with zero attached hydrogens (tertiary/aromatic N) is 8. The van der Waals surface area contributed by atoms with Gasteiger partial charge in [0, 0.05) is 50.1 Å². The summed E-state index contributed by atoms with van der Waals surface area (Å²) in [7, 11) is 1.90. The van der Waals surface area contributed by atoms with Crippen molar-refractivity contribution in [3.8, 4) is 17.3 Å². The van der Waals surface area contributed by atoms with E-state index in [0.717, 1.165) is 47.5 Å². The highest BCUT2D eigenvalue weighted by Gasteiger charge is 2.56. The summed E-state index contributed by atoms with van der Waals surface area (Å²) in [6, 6.07) is 8.22. The van der Waals surface area contributed by atoms with Gasteiger partial charge < -0.3 is 19.8 Å². The van der Waals surface area contributed by atoms with Gasteiger partial charge in [0.05, 0.1) is 11.8 Å². The van der Waals surface area contributed by atoms with Gasteiger partial charge in [0.15, 0.2) is 10.9 Å². The Morgan fingerprint density at radius 1 is 1.23 bits per heavy atom. The number of fused-ring (bicyclic) bond motifs is 1. The van der Waals surface area contributed by atoms with Gasteiger partial charge in [0.2, 0.25) is 16.0 Å². The van der Waals surface area contributed by atoms with Crippen LogP contribution in [0.2, 0.25) is 0 Å². The van der Waals surface area contributed by atoms with E-state index in [1.807, 2.05) is 23.4 Å². The second-order valence-corrected chi connectivity index (χ2v) is 12.9. The summed E-state index contributed by atoms with van der Waals surface area (Å²) < 4.78 is 15.3. The lowest BCUT2D eigenvalue weighted by atomic mass is 9.57. The van der Waals surface area contributed by atoms with E-state index in [4.69, 9.17) is 15.1 Å². The van der Waals surface area contributed by atoms with E-state index in [2.05, 4.69) is 11.0 Å². The van der Waals surface area contributed by atoms with Gasteiger partial charge in [-0.1, -0.05) is 29.6 Å². The minimum atomic E-state index is -0.362. The molecule has 7 rings (SSSR count). The van der Waals surface area contributed by atoms with E-state index in [0.29, 0.717) is 40.8 Å². The summed E-state index contributed by atoms with van der Waals surface area (Å²) in [6.45, 7) is 4.74. The smallest absolute Gasteiger partial charge is 0.225 e. The molecule has 2 saturated heterocycles. The molecule has 4 aromatic rings. The van der Waals surface area contributed by atoms with Crippen LogP contribution in [0.25, 0.3) is 16.2 Å².